The molecule has 0 aromatic heterocycles. The van der Waals surface area contributed by atoms with Crippen molar-refractivity contribution in [3.05, 3.63) is 24.3 Å². The Labute approximate surface area is 102 Å². The molecule has 0 saturated carbocycles. The maximum Gasteiger partial charge on any atom is 0.224 e. The molecule has 17 heavy (non-hydrogen) atoms. The molecular weight excluding hydrogens is 214 g/mol. The molecule has 1 aromatic rings. The van der Waals surface area contributed by atoms with Crippen LogP contribution in [0.2, 0.25) is 0 Å². The van der Waals surface area contributed by atoms with Crippen LogP contribution >= 0.6 is 0 Å². The molecule has 1 aromatic carbocycles. The summed E-state index contributed by atoms with van der Waals surface area (Å²) in [5, 5.41) is 6.11. The molecule has 2 rings (SSSR count). The molecule has 1 fully saturated rings. The Balaban J connectivity index is 1.92. The summed E-state index contributed by atoms with van der Waals surface area (Å²) in [6, 6.07) is 7.88. The zero-order chi connectivity index (χ0) is 12.3. The number of carbonyl (C=O) groups excluding carboxylic acids is 1. The lowest BCUT2D eigenvalue weighted by molar-refractivity contribution is -0.117. The molecule has 92 valence electrons. The lowest BCUT2D eigenvalue weighted by Crippen LogP contribution is -2.43. The molecule has 1 saturated heterocycles. The van der Waals surface area contributed by atoms with E-state index >= 15 is 0 Å². The topological polar surface area (TPSA) is 44.4 Å². The molecule has 1 aliphatic heterocycles. The van der Waals surface area contributed by atoms with Crippen LogP contribution in [0, 0.1) is 5.92 Å². The molecule has 1 amide bonds. The Kier molecular flexibility index (Phi) is 3.64. The van der Waals surface area contributed by atoms with Gasteiger partial charge in [-0.25, -0.2) is 0 Å². The van der Waals surface area contributed by atoms with E-state index in [0.717, 1.165) is 24.5 Å². The van der Waals surface area contributed by atoms with Gasteiger partial charge in [-0.3, -0.25) is 4.79 Å². The molecule has 0 atom stereocenters. The second-order valence-corrected chi connectivity index (χ2v) is 4.72. The predicted octanol–water partition coefficient (Wildman–Crippen LogP) is 1.30. The molecule has 4 heteroatoms. The Hall–Kier alpha value is -1.55. The van der Waals surface area contributed by atoms with Crippen molar-refractivity contribution >= 4 is 17.3 Å². The Morgan fingerprint density at radius 2 is 2.24 bits per heavy atom. The first-order chi connectivity index (χ1) is 8.15. The van der Waals surface area contributed by atoms with Crippen LogP contribution in [0.25, 0.3) is 0 Å². The van der Waals surface area contributed by atoms with E-state index in [1.165, 1.54) is 0 Å². The molecule has 0 spiro atoms. The molecule has 1 heterocycles. The maximum atomic E-state index is 11.7. The van der Waals surface area contributed by atoms with Crippen LogP contribution in [0.5, 0.6) is 0 Å². The summed E-state index contributed by atoms with van der Waals surface area (Å²) in [6.07, 6.45) is 0.610. The zero-order valence-corrected chi connectivity index (χ0v) is 10.4. The first-order valence-corrected chi connectivity index (χ1v) is 5.93. The minimum atomic E-state index is 0.104. The van der Waals surface area contributed by atoms with Gasteiger partial charge in [-0.2, -0.15) is 0 Å². The minimum absolute atomic E-state index is 0.104. The van der Waals surface area contributed by atoms with Crippen LogP contribution < -0.4 is 15.5 Å². The largest absolute Gasteiger partial charge is 0.378 e. The van der Waals surface area contributed by atoms with E-state index in [1.54, 1.807) is 0 Å². The molecule has 0 aliphatic carbocycles. The van der Waals surface area contributed by atoms with Gasteiger partial charge in [-0.15, -0.1) is 0 Å². The highest BCUT2D eigenvalue weighted by Gasteiger charge is 2.19. The van der Waals surface area contributed by atoms with E-state index in [2.05, 4.69) is 10.6 Å². The maximum absolute atomic E-state index is 11.7. The lowest BCUT2D eigenvalue weighted by Gasteiger charge is -2.26. The summed E-state index contributed by atoms with van der Waals surface area (Å²) < 4.78 is 0. The van der Waals surface area contributed by atoms with Gasteiger partial charge in [0.15, 0.2) is 0 Å². The smallest absolute Gasteiger partial charge is 0.224 e. The van der Waals surface area contributed by atoms with Crippen molar-refractivity contribution in [3.8, 4) is 0 Å². The molecule has 1 aliphatic rings. The SMILES string of the molecule is CN(C)c1cccc(NC(=O)CC2CNC2)c1. The summed E-state index contributed by atoms with van der Waals surface area (Å²) in [5.74, 6) is 0.611. The van der Waals surface area contributed by atoms with E-state index in [4.69, 9.17) is 0 Å². The van der Waals surface area contributed by atoms with E-state index in [1.807, 2.05) is 43.3 Å². The normalized spacial score (nSPS) is 15.2. The van der Waals surface area contributed by atoms with Crippen molar-refractivity contribution in [2.75, 3.05) is 37.4 Å². The van der Waals surface area contributed by atoms with Gasteiger partial charge in [0, 0.05) is 31.9 Å². The number of amides is 1. The number of hydrogen-bond acceptors (Lipinski definition) is 3. The van der Waals surface area contributed by atoms with Crippen molar-refractivity contribution < 1.29 is 4.79 Å². The third kappa shape index (κ3) is 3.20. The molecule has 0 bridgehead atoms. The molecule has 4 nitrogen and oxygen atoms in total. The second-order valence-electron chi connectivity index (χ2n) is 4.72. The van der Waals surface area contributed by atoms with Gasteiger partial charge in [0.05, 0.1) is 0 Å². The quantitative estimate of drug-likeness (QED) is 0.824. The molecule has 0 unspecified atom stereocenters. The number of anilines is 2. The summed E-state index contributed by atoms with van der Waals surface area (Å²) in [5.41, 5.74) is 1.96. The van der Waals surface area contributed by atoms with Crippen molar-refractivity contribution in [2.24, 2.45) is 5.92 Å². The van der Waals surface area contributed by atoms with Gasteiger partial charge in [-0.05, 0) is 37.2 Å². The third-order valence-corrected chi connectivity index (χ3v) is 2.99. The van der Waals surface area contributed by atoms with Gasteiger partial charge < -0.3 is 15.5 Å². The fourth-order valence-electron chi connectivity index (χ4n) is 1.83. The van der Waals surface area contributed by atoms with E-state index in [-0.39, 0.29) is 5.91 Å². The van der Waals surface area contributed by atoms with Crippen LogP contribution in [0.1, 0.15) is 6.42 Å². The lowest BCUT2D eigenvalue weighted by atomic mass is 9.99. The highest BCUT2D eigenvalue weighted by molar-refractivity contribution is 5.91. The molecular formula is C13H19N3O. The molecule has 0 radical (unpaired) electrons. The van der Waals surface area contributed by atoms with Crippen molar-refractivity contribution in [2.45, 2.75) is 6.42 Å². The number of benzene rings is 1. The summed E-state index contributed by atoms with van der Waals surface area (Å²) in [6.45, 7) is 1.93. The van der Waals surface area contributed by atoms with Crippen molar-refractivity contribution in [1.29, 1.82) is 0 Å². The van der Waals surface area contributed by atoms with E-state index in [0.29, 0.717) is 12.3 Å². The minimum Gasteiger partial charge on any atom is -0.378 e. The van der Waals surface area contributed by atoms with Crippen molar-refractivity contribution in [3.63, 3.8) is 0 Å². The number of nitrogens with zero attached hydrogens (tertiary/aromatic N) is 1. The van der Waals surface area contributed by atoms with Gasteiger partial charge in [0.25, 0.3) is 0 Å². The average Bonchev–Trinajstić information content (AvgIpc) is 2.24. The first kappa shape index (κ1) is 11.9. The summed E-state index contributed by atoms with van der Waals surface area (Å²) in [7, 11) is 3.97. The van der Waals surface area contributed by atoms with Crippen LogP contribution in [0.15, 0.2) is 24.3 Å². The monoisotopic (exact) mass is 233 g/mol. The standard InChI is InChI=1S/C13H19N3O/c1-16(2)12-5-3-4-11(7-12)15-13(17)6-10-8-14-9-10/h3-5,7,10,14H,6,8-9H2,1-2H3,(H,15,17). The molecule has 2 N–H and O–H groups in total. The fraction of sp³-hybridized carbons (Fsp3) is 0.462. The van der Waals surface area contributed by atoms with Gasteiger partial charge in [-0.1, -0.05) is 6.07 Å². The number of rotatable bonds is 4. The summed E-state index contributed by atoms with van der Waals surface area (Å²) in [4.78, 5) is 13.8. The highest BCUT2D eigenvalue weighted by atomic mass is 16.1. The summed E-state index contributed by atoms with van der Waals surface area (Å²) >= 11 is 0. The number of nitrogens with one attached hydrogen (secondary N) is 2. The van der Waals surface area contributed by atoms with Gasteiger partial charge in [0.2, 0.25) is 5.91 Å². The van der Waals surface area contributed by atoms with Crippen LogP contribution in [-0.4, -0.2) is 33.1 Å². The van der Waals surface area contributed by atoms with Crippen LogP contribution in [0.4, 0.5) is 11.4 Å². The number of hydrogen-bond donors (Lipinski definition) is 2. The van der Waals surface area contributed by atoms with E-state index < -0.39 is 0 Å². The Morgan fingerprint density at radius 1 is 1.47 bits per heavy atom. The average molecular weight is 233 g/mol. The number of carbonyl (C=O) groups is 1. The first-order valence-electron chi connectivity index (χ1n) is 5.93. The van der Waals surface area contributed by atoms with Crippen LogP contribution in [-0.2, 0) is 4.79 Å². The predicted molar refractivity (Wildman–Crippen MR) is 70.4 cm³/mol. The fourth-order valence-corrected chi connectivity index (χ4v) is 1.83. The van der Waals surface area contributed by atoms with Crippen LogP contribution in [0.3, 0.4) is 0 Å². The van der Waals surface area contributed by atoms with Crippen molar-refractivity contribution in [1.82, 2.24) is 5.32 Å². The second kappa shape index (κ2) is 5.19. The Morgan fingerprint density at radius 3 is 2.82 bits per heavy atom. The third-order valence-electron chi connectivity index (χ3n) is 2.99. The van der Waals surface area contributed by atoms with Gasteiger partial charge >= 0.3 is 0 Å². The Bertz CT molecular complexity index is 399. The highest BCUT2D eigenvalue weighted by Crippen LogP contribution is 2.18. The van der Waals surface area contributed by atoms with E-state index in [9.17, 15) is 4.79 Å². The zero-order valence-electron chi connectivity index (χ0n) is 10.4. The van der Waals surface area contributed by atoms with Gasteiger partial charge in [0.1, 0.15) is 0 Å².